The van der Waals surface area contributed by atoms with Crippen molar-refractivity contribution in [3.8, 4) is 0 Å². The molecule has 1 aromatic carbocycles. The monoisotopic (exact) mass is 334 g/mol. The van der Waals surface area contributed by atoms with Gasteiger partial charge < -0.3 is 20.1 Å². The fourth-order valence-corrected chi connectivity index (χ4v) is 3.57. The Labute approximate surface area is 145 Å². The Morgan fingerprint density at radius 3 is 2.54 bits per heavy atom. The summed E-state index contributed by atoms with van der Waals surface area (Å²) in [6, 6.07) is 9.30. The number of methoxy groups -OCH3 is 1. The number of hydrogen-bond donors (Lipinski definition) is 2. The van der Waals surface area contributed by atoms with Crippen molar-refractivity contribution in [1.82, 2.24) is 10.2 Å². The summed E-state index contributed by atoms with van der Waals surface area (Å²) >= 11 is 0. The third-order valence-electron chi connectivity index (χ3n) is 5.12. The number of hydrogen-bond acceptors (Lipinski definition) is 4. The van der Waals surface area contributed by atoms with Crippen LogP contribution in [-0.4, -0.2) is 54.8 Å². The maximum Gasteiger partial charge on any atom is 0.225 e. The fraction of sp³-hybridized carbons (Fsp3) is 0.632. The minimum Gasteiger partial charge on any atom is -0.386 e. The van der Waals surface area contributed by atoms with Gasteiger partial charge in [0.2, 0.25) is 5.91 Å². The second-order valence-electron chi connectivity index (χ2n) is 6.83. The van der Waals surface area contributed by atoms with Gasteiger partial charge in [0.15, 0.2) is 0 Å². The Hall–Kier alpha value is -1.43. The summed E-state index contributed by atoms with van der Waals surface area (Å²) < 4.78 is 5.65. The lowest BCUT2D eigenvalue weighted by Crippen LogP contribution is -2.49. The lowest BCUT2D eigenvalue weighted by molar-refractivity contribution is -0.132. The Morgan fingerprint density at radius 2 is 2.00 bits per heavy atom. The maximum absolute atomic E-state index is 12.6. The van der Waals surface area contributed by atoms with E-state index in [4.69, 9.17) is 4.74 Å². The van der Waals surface area contributed by atoms with Gasteiger partial charge in [-0.25, -0.2) is 0 Å². The molecule has 0 radical (unpaired) electrons. The number of carbonyl (C=O) groups is 1. The summed E-state index contributed by atoms with van der Waals surface area (Å²) in [4.78, 5) is 14.9. The SMILES string of the molecule is COC(C(C)C(=O)N[C@H](C)C(O)c1ccccc1)C1CCCN1C. The Bertz CT molecular complexity index is 523. The number of amides is 1. The van der Waals surface area contributed by atoms with Crippen LogP contribution in [0.4, 0.5) is 0 Å². The van der Waals surface area contributed by atoms with E-state index in [1.807, 2.05) is 44.2 Å². The van der Waals surface area contributed by atoms with Crippen LogP contribution in [0.1, 0.15) is 38.4 Å². The molecule has 0 aromatic heterocycles. The van der Waals surface area contributed by atoms with Gasteiger partial charge in [-0.15, -0.1) is 0 Å². The van der Waals surface area contributed by atoms with Gasteiger partial charge in [0, 0.05) is 13.2 Å². The smallest absolute Gasteiger partial charge is 0.225 e. The first-order chi connectivity index (χ1) is 11.5. The number of carbonyl (C=O) groups excluding carboxylic acids is 1. The Morgan fingerprint density at radius 1 is 1.33 bits per heavy atom. The van der Waals surface area contributed by atoms with E-state index >= 15 is 0 Å². The molecule has 5 heteroatoms. The Balaban J connectivity index is 1.97. The highest BCUT2D eigenvalue weighted by Gasteiger charge is 2.36. The molecule has 5 atom stereocenters. The molecule has 1 heterocycles. The largest absolute Gasteiger partial charge is 0.386 e. The number of aliphatic hydroxyl groups excluding tert-OH is 1. The first-order valence-corrected chi connectivity index (χ1v) is 8.72. The van der Waals surface area contributed by atoms with Gasteiger partial charge in [-0.3, -0.25) is 4.79 Å². The molecular weight excluding hydrogens is 304 g/mol. The first kappa shape index (κ1) is 18.9. The number of likely N-dealkylation sites (N-methyl/N-ethyl adjacent to an activating group) is 1. The molecule has 0 saturated carbocycles. The fourth-order valence-electron chi connectivity index (χ4n) is 3.57. The topological polar surface area (TPSA) is 61.8 Å². The summed E-state index contributed by atoms with van der Waals surface area (Å²) in [6.45, 7) is 4.77. The van der Waals surface area contributed by atoms with Gasteiger partial charge in [0.25, 0.3) is 0 Å². The number of nitrogens with one attached hydrogen (secondary N) is 1. The van der Waals surface area contributed by atoms with E-state index in [0.717, 1.165) is 24.9 Å². The lowest BCUT2D eigenvalue weighted by Gasteiger charge is -2.32. The van der Waals surface area contributed by atoms with Crippen LogP contribution in [0, 0.1) is 5.92 Å². The molecule has 2 rings (SSSR count). The molecule has 0 spiro atoms. The molecule has 134 valence electrons. The summed E-state index contributed by atoms with van der Waals surface area (Å²) in [5, 5.41) is 13.4. The molecule has 1 fully saturated rings. The van der Waals surface area contributed by atoms with Crippen LogP contribution in [0.15, 0.2) is 30.3 Å². The van der Waals surface area contributed by atoms with Crippen molar-refractivity contribution in [3.63, 3.8) is 0 Å². The van der Waals surface area contributed by atoms with E-state index in [-0.39, 0.29) is 30.0 Å². The molecule has 5 nitrogen and oxygen atoms in total. The van der Waals surface area contributed by atoms with E-state index in [1.54, 1.807) is 7.11 Å². The summed E-state index contributed by atoms with van der Waals surface area (Å²) in [5.74, 6) is -0.351. The van der Waals surface area contributed by atoms with Gasteiger partial charge in [0.1, 0.15) is 0 Å². The van der Waals surface area contributed by atoms with Crippen LogP contribution < -0.4 is 5.32 Å². The van der Waals surface area contributed by atoms with Crippen LogP contribution in [0.5, 0.6) is 0 Å². The highest BCUT2D eigenvalue weighted by molar-refractivity contribution is 5.79. The third kappa shape index (κ3) is 4.35. The predicted octanol–water partition coefficient (Wildman–Crippen LogP) is 1.97. The number of likely N-dealkylation sites (tertiary alicyclic amines) is 1. The standard InChI is InChI=1S/C19H30N2O3/c1-13(18(24-4)16-11-8-12-21(16)3)19(23)20-14(2)17(22)15-9-6-5-7-10-15/h5-7,9-10,13-14,16-18,22H,8,11-12H2,1-4H3,(H,20,23)/t13?,14-,16?,17?,18?/m1/s1. The van der Waals surface area contributed by atoms with E-state index in [9.17, 15) is 9.90 Å². The third-order valence-corrected chi connectivity index (χ3v) is 5.12. The molecule has 1 aliphatic heterocycles. The normalized spacial score (nSPS) is 23.5. The second kappa shape index (κ2) is 8.60. The molecule has 0 bridgehead atoms. The van der Waals surface area contributed by atoms with Gasteiger partial charge in [-0.1, -0.05) is 37.3 Å². The quantitative estimate of drug-likeness (QED) is 0.800. The minimum absolute atomic E-state index is 0.0790. The van der Waals surface area contributed by atoms with Crippen molar-refractivity contribution in [2.45, 2.75) is 51.0 Å². The highest BCUT2D eigenvalue weighted by Crippen LogP contribution is 2.25. The average Bonchev–Trinajstić information content (AvgIpc) is 3.01. The van der Waals surface area contributed by atoms with Crippen LogP contribution >= 0.6 is 0 Å². The van der Waals surface area contributed by atoms with Crippen molar-refractivity contribution in [2.75, 3.05) is 20.7 Å². The van der Waals surface area contributed by atoms with Crippen LogP contribution in [0.3, 0.4) is 0 Å². The average molecular weight is 334 g/mol. The van der Waals surface area contributed by atoms with E-state index < -0.39 is 6.10 Å². The van der Waals surface area contributed by atoms with Crippen molar-refractivity contribution in [3.05, 3.63) is 35.9 Å². The van der Waals surface area contributed by atoms with Crippen molar-refractivity contribution in [1.29, 1.82) is 0 Å². The van der Waals surface area contributed by atoms with E-state index in [2.05, 4.69) is 17.3 Å². The van der Waals surface area contributed by atoms with Crippen molar-refractivity contribution >= 4 is 5.91 Å². The summed E-state index contributed by atoms with van der Waals surface area (Å²) in [7, 11) is 3.75. The number of ether oxygens (including phenoxy) is 1. The molecule has 1 amide bonds. The molecular formula is C19H30N2O3. The molecule has 0 aliphatic carbocycles. The number of aliphatic hydroxyl groups is 1. The molecule has 24 heavy (non-hydrogen) atoms. The zero-order valence-corrected chi connectivity index (χ0v) is 15.1. The first-order valence-electron chi connectivity index (χ1n) is 8.72. The van der Waals surface area contributed by atoms with Crippen molar-refractivity contribution in [2.24, 2.45) is 5.92 Å². The van der Waals surface area contributed by atoms with Crippen molar-refractivity contribution < 1.29 is 14.6 Å². The molecule has 2 N–H and O–H groups in total. The highest BCUT2D eigenvalue weighted by atomic mass is 16.5. The predicted molar refractivity (Wildman–Crippen MR) is 94.6 cm³/mol. The number of nitrogens with zero attached hydrogens (tertiary/aromatic N) is 1. The molecule has 1 aromatic rings. The molecule has 1 saturated heterocycles. The summed E-state index contributed by atoms with van der Waals surface area (Å²) in [6.07, 6.45) is 1.32. The number of benzene rings is 1. The molecule has 1 aliphatic rings. The maximum atomic E-state index is 12.6. The van der Waals surface area contributed by atoms with Gasteiger partial charge in [-0.05, 0) is 38.9 Å². The van der Waals surface area contributed by atoms with E-state index in [1.165, 1.54) is 0 Å². The van der Waals surface area contributed by atoms with Gasteiger partial charge in [0.05, 0.1) is 24.2 Å². The lowest BCUT2D eigenvalue weighted by atomic mass is 9.94. The number of rotatable bonds is 7. The van der Waals surface area contributed by atoms with Crippen LogP contribution in [-0.2, 0) is 9.53 Å². The minimum atomic E-state index is -0.725. The van der Waals surface area contributed by atoms with Gasteiger partial charge >= 0.3 is 0 Å². The second-order valence-corrected chi connectivity index (χ2v) is 6.83. The summed E-state index contributed by atoms with van der Waals surface area (Å²) in [5.41, 5.74) is 0.803. The zero-order chi connectivity index (χ0) is 17.7. The van der Waals surface area contributed by atoms with Gasteiger partial charge in [-0.2, -0.15) is 0 Å². The van der Waals surface area contributed by atoms with Crippen LogP contribution in [0.25, 0.3) is 0 Å². The zero-order valence-electron chi connectivity index (χ0n) is 15.1. The molecule has 4 unspecified atom stereocenters. The Kier molecular flexibility index (Phi) is 6.78. The van der Waals surface area contributed by atoms with E-state index in [0.29, 0.717) is 0 Å². The van der Waals surface area contributed by atoms with Crippen LogP contribution in [0.2, 0.25) is 0 Å².